The maximum absolute atomic E-state index is 5.64. The molecule has 18 heavy (non-hydrogen) atoms. The molecule has 3 heteroatoms. The van der Waals surface area contributed by atoms with E-state index in [-0.39, 0.29) is 6.04 Å². The van der Waals surface area contributed by atoms with E-state index in [1.165, 1.54) is 16.7 Å². The second kappa shape index (κ2) is 8.25. The van der Waals surface area contributed by atoms with Crippen molar-refractivity contribution in [2.45, 2.75) is 26.8 Å². The quantitative estimate of drug-likeness (QED) is 0.720. The van der Waals surface area contributed by atoms with Crippen LogP contribution in [0.15, 0.2) is 18.2 Å². The minimum Gasteiger partial charge on any atom is -0.382 e. The van der Waals surface area contributed by atoms with Gasteiger partial charge in [0.15, 0.2) is 0 Å². The number of hydrogen-bond acceptors (Lipinski definition) is 3. The maximum Gasteiger partial charge on any atom is 0.0701 e. The van der Waals surface area contributed by atoms with E-state index in [1.807, 2.05) is 0 Å². The molecular weight excluding hydrogens is 226 g/mol. The second-order valence-electron chi connectivity index (χ2n) is 4.60. The zero-order chi connectivity index (χ0) is 13.4. The van der Waals surface area contributed by atoms with E-state index < -0.39 is 0 Å². The molecule has 0 aliphatic rings. The van der Waals surface area contributed by atoms with Gasteiger partial charge in [0.05, 0.1) is 25.9 Å². The Balaban J connectivity index is 2.64. The third-order valence-electron chi connectivity index (χ3n) is 2.81. The van der Waals surface area contributed by atoms with Crippen molar-refractivity contribution in [1.29, 1.82) is 0 Å². The monoisotopic (exact) mass is 251 g/mol. The molecule has 3 nitrogen and oxygen atoms in total. The Hall–Kier alpha value is -0.900. The molecule has 0 saturated heterocycles. The first-order chi connectivity index (χ1) is 8.67. The lowest BCUT2D eigenvalue weighted by Gasteiger charge is -2.19. The number of hydrogen-bond donors (Lipinski definition) is 1. The van der Waals surface area contributed by atoms with Crippen molar-refractivity contribution in [2.24, 2.45) is 0 Å². The highest BCUT2D eigenvalue weighted by molar-refractivity contribution is 5.30. The molecule has 1 rings (SSSR count). The summed E-state index contributed by atoms with van der Waals surface area (Å²) >= 11 is 0. The van der Waals surface area contributed by atoms with Crippen molar-refractivity contribution < 1.29 is 9.47 Å². The molecule has 0 fully saturated rings. The molecule has 0 amide bonds. The fourth-order valence-corrected chi connectivity index (χ4v) is 2.07. The Morgan fingerprint density at radius 3 is 2.33 bits per heavy atom. The Kier molecular flexibility index (Phi) is 6.94. The van der Waals surface area contributed by atoms with Crippen LogP contribution in [0.3, 0.4) is 0 Å². The lowest BCUT2D eigenvalue weighted by atomic mass is 10.0. The predicted octanol–water partition coefficient (Wildman–Crippen LogP) is 2.62. The van der Waals surface area contributed by atoms with E-state index >= 15 is 0 Å². The molecule has 0 spiro atoms. The van der Waals surface area contributed by atoms with Crippen LogP contribution in [0.4, 0.5) is 0 Å². The van der Waals surface area contributed by atoms with E-state index in [9.17, 15) is 0 Å². The van der Waals surface area contributed by atoms with Gasteiger partial charge in [-0.3, -0.25) is 0 Å². The summed E-state index contributed by atoms with van der Waals surface area (Å²) in [5.74, 6) is 0. The van der Waals surface area contributed by atoms with Crippen LogP contribution in [-0.2, 0) is 9.47 Å². The Morgan fingerprint density at radius 2 is 1.78 bits per heavy atom. The number of methoxy groups -OCH3 is 1. The largest absolute Gasteiger partial charge is 0.382 e. The van der Waals surface area contributed by atoms with Crippen molar-refractivity contribution >= 4 is 0 Å². The van der Waals surface area contributed by atoms with Gasteiger partial charge in [-0.2, -0.15) is 0 Å². The maximum atomic E-state index is 5.64. The predicted molar refractivity (Wildman–Crippen MR) is 75.0 cm³/mol. The lowest BCUT2D eigenvalue weighted by Crippen LogP contribution is -2.26. The standard InChI is InChI=1S/C15H25NO2/c1-5-16-15(11-18-7-6-17-4)14-9-12(2)8-13(3)10-14/h8-10,15-16H,5-7,11H2,1-4H3. The van der Waals surface area contributed by atoms with Gasteiger partial charge in [-0.1, -0.05) is 36.2 Å². The third kappa shape index (κ3) is 5.17. The highest BCUT2D eigenvalue weighted by Crippen LogP contribution is 2.17. The molecule has 1 aromatic rings. The summed E-state index contributed by atoms with van der Waals surface area (Å²) in [4.78, 5) is 0. The van der Waals surface area contributed by atoms with Gasteiger partial charge in [0.2, 0.25) is 0 Å². The van der Waals surface area contributed by atoms with Crippen molar-refractivity contribution in [3.63, 3.8) is 0 Å². The summed E-state index contributed by atoms with van der Waals surface area (Å²) in [6.07, 6.45) is 0. The zero-order valence-corrected chi connectivity index (χ0v) is 12.0. The molecule has 0 heterocycles. The van der Waals surface area contributed by atoms with Gasteiger partial charge in [0.25, 0.3) is 0 Å². The van der Waals surface area contributed by atoms with Gasteiger partial charge in [0, 0.05) is 7.11 Å². The highest BCUT2D eigenvalue weighted by atomic mass is 16.5. The summed E-state index contributed by atoms with van der Waals surface area (Å²) in [6, 6.07) is 6.89. The Bertz CT molecular complexity index is 332. The van der Waals surface area contributed by atoms with Crippen LogP contribution < -0.4 is 5.32 Å². The molecule has 1 aromatic carbocycles. The van der Waals surface area contributed by atoms with Crippen LogP contribution >= 0.6 is 0 Å². The molecule has 0 bridgehead atoms. The fraction of sp³-hybridized carbons (Fsp3) is 0.600. The van der Waals surface area contributed by atoms with Crippen LogP contribution in [0.5, 0.6) is 0 Å². The van der Waals surface area contributed by atoms with Crippen molar-refractivity contribution in [2.75, 3.05) is 33.5 Å². The van der Waals surface area contributed by atoms with Crippen LogP contribution in [0, 0.1) is 13.8 Å². The Labute approximate surface area is 110 Å². The topological polar surface area (TPSA) is 30.5 Å². The van der Waals surface area contributed by atoms with E-state index in [2.05, 4.69) is 44.3 Å². The summed E-state index contributed by atoms with van der Waals surface area (Å²) in [7, 11) is 1.69. The summed E-state index contributed by atoms with van der Waals surface area (Å²) < 4.78 is 10.6. The molecule has 102 valence electrons. The smallest absolute Gasteiger partial charge is 0.0701 e. The number of ether oxygens (including phenoxy) is 2. The number of aryl methyl sites for hydroxylation is 2. The highest BCUT2D eigenvalue weighted by Gasteiger charge is 2.11. The first-order valence-electron chi connectivity index (χ1n) is 6.55. The molecule has 0 aliphatic heterocycles. The van der Waals surface area contributed by atoms with Crippen LogP contribution in [-0.4, -0.2) is 33.5 Å². The zero-order valence-electron chi connectivity index (χ0n) is 12.0. The SMILES string of the molecule is CCNC(COCCOC)c1cc(C)cc(C)c1. The van der Waals surface area contributed by atoms with Gasteiger partial charge in [-0.15, -0.1) is 0 Å². The second-order valence-corrected chi connectivity index (χ2v) is 4.60. The first-order valence-corrected chi connectivity index (χ1v) is 6.55. The molecule has 0 aliphatic carbocycles. The summed E-state index contributed by atoms with van der Waals surface area (Å²) in [5, 5.41) is 3.46. The van der Waals surface area contributed by atoms with Crippen LogP contribution in [0.1, 0.15) is 29.7 Å². The minimum absolute atomic E-state index is 0.255. The Morgan fingerprint density at radius 1 is 1.11 bits per heavy atom. The van der Waals surface area contributed by atoms with Crippen molar-refractivity contribution in [3.05, 3.63) is 34.9 Å². The molecular formula is C15H25NO2. The molecule has 0 saturated carbocycles. The van der Waals surface area contributed by atoms with Gasteiger partial charge >= 0.3 is 0 Å². The van der Waals surface area contributed by atoms with Gasteiger partial charge < -0.3 is 14.8 Å². The first kappa shape index (κ1) is 15.2. The van der Waals surface area contributed by atoms with Crippen molar-refractivity contribution in [3.8, 4) is 0 Å². The van der Waals surface area contributed by atoms with Gasteiger partial charge in [0.1, 0.15) is 0 Å². The molecule has 0 radical (unpaired) electrons. The van der Waals surface area contributed by atoms with Gasteiger partial charge in [-0.05, 0) is 26.0 Å². The van der Waals surface area contributed by atoms with E-state index in [4.69, 9.17) is 9.47 Å². The average molecular weight is 251 g/mol. The van der Waals surface area contributed by atoms with E-state index in [1.54, 1.807) is 7.11 Å². The third-order valence-corrected chi connectivity index (χ3v) is 2.81. The summed E-state index contributed by atoms with van der Waals surface area (Å²) in [5.41, 5.74) is 3.89. The van der Waals surface area contributed by atoms with Gasteiger partial charge in [-0.25, -0.2) is 0 Å². The van der Waals surface area contributed by atoms with Crippen LogP contribution in [0.2, 0.25) is 0 Å². The number of benzene rings is 1. The molecule has 1 N–H and O–H groups in total. The molecule has 1 atom stereocenters. The fourth-order valence-electron chi connectivity index (χ4n) is 2.07. The van der Waals surface area contributed by atoms with E-state index in [0.29, 0.717) is 19.8 Å². The molecule has 0 aromatic heterocycles. The minimum atomic E-state index is 0.255. The molecule has 1 unspecified atom stereocenters. The number of nitrogens with one attached hydrogen (secondary N) is 1. The number of likely N-dealkylation sites (N-methyl/N-ethyl adjacent to an activating group) is 1. The normalized spacial score (nSPS) is 12.7. The van der Waals surface area contributed by atoms with E-state index in [0.717, 1.165) is 6.54 Å². The average Bonchev–Trinajstić information content (AvgIpc) is 2.32. The van der Waals surface area contributed by atoms with Crippen LogP contribution in [0.25, 0.3) is 0 Å². The lowest BCUT2D eigenvalue weighted by molar-refractivity contribution is 0.0588. The summed E-state index contributed by atoms with van der Waals surface area (Å²) in [6.45, 7) is 9.28. The van der Waals surface area contributed by atoms with Crippen molar-refractivity contribution in [1.82, 2.24) is 5.32 Å². The number of rotatable bonds is 8.